The van der Waals surface area contributed by atoms with E-state index in [1.807, 2.05) is 0 Å². The number of hydrogen-bond acceptors (Lipinski definition) is 3. The highest BCUT2D eigenvalue weighted by atomic mass is 14.9. The Balaban J connectivity index is 2.10. The topological polar surface area (TPSA) is 37.8 Å². The van der Waals surface area contributed by atoms with Crippen LogP contribution in [0.25, 0.3) is 0 Å². The average Bonchev–Trinajstić information content (AvgIpc) is 2.71. The van der Waals surface area contributed by atoms with E-state index in [4.69, 9.17) is 0 Å². The Hall–Kier alpha value is -0.960. The molecule has 1 heterocycles. The minimum atomic E-state index is 0.571. The van der Waals surface area contributed by atoms with Crippen LogP contribution < -0.4 is 5.32 Å². The fourth-order valence-electron chi connectivity index (χ4n) is 3.15. The Bertz CT molecular complexity index is 403. The molecular formula is C17H29N3. The van der Waals surface area contributed by atoms with Crippen LogP contribution in [0.5, 0.6) is 0 Å². The molecule has 2 rings (SSSR count). The number of nitrogens with zero attached hydrogens (tertiary/aromatic N) is 2. The van der Waals surface area contributed by atoms with Crippen LogP contribution in [0, 0.1) is 0 Å². The van der Waals surface area contributed by atoms with E-state index in [-0.39, 0.29) is 0 Å². The predicted molar refractivity (Wildman–Crippen MR) is 84.0 cm³/mol. The molecule has 0 radical (unpaired) electrons. The fourth-order valence-corrected chi connectivity index (χ4v) is 3.15. The second kappa shape index (κ2) is 8.35. The molecule has 112 valence electrons. The summed E-state index contributed by atoms with van der Waals surface area (Å²) >= 11 is 0. The Morgan fingerprint density at radius 2 is 1.95 bits per heavy atom. The van der Waals surface area contributed by atoms with Crippen LogP contribution in [0.15, 0.2) is 6.33 Å². The highest BCUT2D eigenvalue weighted by molar-refractivity contribution is 5.26. The summed E-state index contributed by atoms with van der Waals surface area (Å²) < 4.78 is 0. The van der Waals surface area contributed by atoms with Crippen molar-refractivity contribution in [3.8, 4) is 0 Å². The molecule has 1 aromatic heterocycles. The van der Waals surface area contributed by atoms with Crippen molar-refractivity contribution in [1.82, 2.24) is 15.3 Å². The van der Waals surface area contributed by atoms with Gasteiger partial charge in [0.25, 0.3) is 0 Å². The van der Waals surface area contributed by atoms with Gasteiger partial charge in [-0.05, 0) is 50.6 Å². The molecule has 0 aliphatic heterocycles. The van der Waals surface area contributed by atoms with Crippen molar-refractivity contribution in [2.24, 2.45) is 0 Å². The Morgan fingerprint density at radius 3 is 2.75 bits per heavy atom. The molecule has 1 atom stereocenters. The zero-order valence-corrected chi connectivity index (χ0v) is 13.1. The van der Waals surface area contributed by atoms with Crippen molar-refractivity contribution in [3.63, 3.8) is 0 Å². The zero-order valence-electron chi connectivity index (χ0n) is 13.1. The average molecular weight is 275 g/mol. The van der Waals surface area contributed by atoms with Crippen LogP contribution in [0.2, 0.25) is 0 Å². The number of hydrogen-bond donors (Lipinski definition) is 1. The molecule has 3 nitrogen and oxygen atoms in total. The number of aryl methyl sites for hydroxylation is 1. The molecule has 0 amide bonds. The maximum absolute atomic E-state index is 4.61. The van der Waals surface area contributed by atoms with Gasteiger partial charge in [-0.3, -0.25) is 0 Å². The fraction of sp³-hybridized carbons (Fsp3) is 0.765. The first-order valence-corrected chi connectivity index (χ1v) is 8.40. The first-order chi connectivity index (χ1) is 9.85. The van der Waals surface area contributed by atoms with Gasteiger partial charge in [0.2, 0.25) is 0 Å². The Morgan fingerprint density at radius 1 is 1.10 bits per heavy atom. The molecule has 1 N–H and O–H groups in total. The third-order valence-corrected chi connectivity index (χ3v) is 4.22. The van der Waals surface area contributed by atoms with E-state index in [2.05, 4.69) is 29.1 Å². The summed E-state index contributed by atoms with van der Waals surface area (Å²) in [5, 5.41) is 3.68. The van der Waals surface area contributed by atoms with E-state index in [0.29, 0.717) is 6.04 Å². The third-order valence-electron chi connectivity index (χ3n) is 4.22. The standard InChI is InChI=1S/C17H29N3/c1-3-8-14(18-11-4-2)12-17-15-9-6-5-7-10-16(15)19-13-20-17/h13-14,18H,3-12H2,1-2H3. The van der Waals surface area contributed by atoms with Gasteiger partial charge in [-0.25, -0.2) is 9.97 Å². The second-order valence-corrected chi connectivity index (χ2v) is 5.95. The SMILES string of the molecule is CCCNC(CCC)Cc1ncnc2c1CCCCC2. The van der Waals surface area contributed by atoms with Crippen molar-refractivity contribution >= 4 is 0 Å². The van der Waals surface area contributed by atoms with E-state index in [0.717, 1.165) is 19.4 Å². The van der Waals surface area contributed by atoms with E-state index in [1.54, 1.807) is 6.33 Å². The number of rotatable bonds is 7. The molecule has 1 aliphatic carbocycles. The lowest BCUT2D eigenvalue weighted by atomic mass is 9.99. The van der Waals surface area contributed by atoms with Gasteiger partial charge in [0.15, 0.2) is 0 Å². The quantitative estimate of drug-likeness (QED) is 0.774. The molecule has 0 saturated carbocycles. The predicted octanol–water partition coefficient (Wildman–Crippen LogP) is 3.46. The van der Waals surface area contributed by atoms with Crippen molar-refractivity contribution in [2.75, 3.05) is 6.54 Å². The molecule has 0 fully saturated rings. The number of fused-ring (bicyclic) bond motifs is 1. The minimum absolute atomic E-state index is 0.571. The Labute approximate surface area is 123 Å². The molecule has 3 heteroatoms. The highest BCUT2D eigenvalue weighted by Crippen LogP contribution is 2.22. The molecule has 0 bridgehead atoms. The summed E-state index contributed by atoms with van der Waals surface area (Å²) in [5.74, 6) is 0. The van der Waals surface area contributed by atoms with Gasteiger partial charge in [0, 0.05) is 23.9 Å². The minimum Gasteiger partial charge on any atom is -0.314 e. The molecule has 20 heavy (non-hydrogen) atoms. The lowest BCUT2D eigenvalue weighted by Crippen LogP contribution is -2.32. The van der Waals surface area contributed by atoms with Crippen LogP contribution in [0.1, 0.15) is 69.3 Å². The highest BCUT2D eigenvalue weighted by Gasteiger charge is 2.17. The van der Waals surface area contributed by atoms with Crippen LogP contribution in [-0.2, 0) is 19.3 Å². The van der Waals surface area contributed by atoms with Gasteiger partial charge in [-0.15, -0.1) is 0 Å². The summed E-state index contributed by atoms with van der Waals surface area (Å²) in [6.07, 6.45) is 12.8. The van der Waals surface area contributed by atoms with E-state index in [9.17, 15) is 0 Å². The number of nitrogens with one attached hydrogen (secondary N) is 1. The summed E-state index contributed by atoms with van der Waals surface area (Å²) in [7, 11) is 0. The summed E-state index contributed by atoms with van der Waals surface area (Å²) in [6.45, 7) is 5.60. The lowest BCUT2D eigenvalue weighted by Gasteiger charge is -2.19. The molecule has 1 unspecified atom stereocenters. The van der Waals surface area contributed by atoms with Crippen molar-refractivity contribution < 1.29 is 0 Å². The lowest BCUT2D eigenvalue weighted by molar-refractivity contribution is 0.467. The molecule has 1 aliphatic rings. The zero-order chi connectivity index (χ0) is 14.2. The Kier molecular flexibility index (Phi) is 6.44. The molecule has 0 aromatic carbocycles. The smallest absolute Gasteiger partial charge is 0.115 e. The van der Waals surface area contributed by atoms with Gasteiger partial charge in [-0.1, -0.05) is 26.7 Å². The van der Waals surface area contributed by atoms with Gasteiger partial charge in [-0.2, -0.15) is 0 Å². The largest absolute Gasteiger partial charge is 0.314 e. The maximum atomic E-state index is 4.61. The van der Waals surface area contributed by atoms with Gasteiger partial charge >= 0.3 is 0 Å². The van der Waals surface area contributed by atoms with Crippen LogP contribution in [-0.4, -0.2) is 22.6 Å². The maximum Gasteiger partial charge on any atom is 0.115 e. The second-order valence-electron chi connectivity index (χ2n) is 5.95. The summed E-state index contributed by atoms with van der Waals surface area (Å²) in [4.78, 5) is 9.14. The molecule has 0 spiro atoms. The van der Waals surface area contributed by atoms with E-state index < -0.39 is 0 Å². The molecule has 1 aromatic rings. The van der Waals surface area contributed by atoms with Crippen LogP contribution in [0.4, 0.5) is 0 Å². The monoisotopic (exact) mass is 275 g/mol. The van der Waals surface area contributed by atoms with Crippen LogP contribution in [0.3, 0.4) is 0 Å². The molecule has 0 saturated heterocycles. The molecular weight excluding hydrogens is 246 g/mol. The van der Waals surface area contributed by atoms with E-state index in [1.165, 1.54) is 61.9 Å². The first-order valence-electron chi connectivity index (χ1n) is 8.40. The van der Waals surface area contributed by atoms with Crippen LogP contribution >= 0.6 is 0 Å². The van der Waals surface area contributed by atoms with E-state index >= 15 is 0 Å². The normalized spacial score (nSPS) is 16.5. The summed E-state index contributed by atoms with van der Waals surface area (Å²) in [6, 6.07) is 0.571. The van der Waals surface area contributed by atoms with Gasteiger partial charge in [0.05, 0.1) is 0 Å². The van der Waals surface area contributed by atoms with Gasteiger partial charge in [0.1, 0.15) is 6.33 Å². The van der Waals surface area contributed by atoms with Crippen molar-refractivity contribution in [3.05, 3.63) is 23.3 Å². The van der Waals surface area contributed by atoms with Gasteiger partial charge < -0.3 is 5.32 Å². The van der Waals surface area contributed by atoms with Crippen molar-refractivity contribution in [1.29, 1.82) is 0 Å². The number of aromatic nitrogens is 2. The van der Waals surface area contributed by atoms with Crippen molar-refractivity contribution in [2.45, 2.75) is 77.7 Å². The third kappa shape index (κ3) is 4.27. The summed E-state index contributed by atoms with van der Waals surface area (Å²) in [5.41, 5.74) is 4.08. The first kappa shape index (κ1) is 15.4.